The van der Waals surface area contributed by atoms with Crippen LogP contribution in [-0.4, -0.2) is 55.4 Å². The van der Waals surface area contributed by atoms with E-state index in [0.29, 0.717) is 12.2 Å². The maximum absolute atomic E-state index is 10.7. The number of rotatable bonds is 9. The van der Waals surface area contributed by atoms with E-state index in [2.05, 4.69) is 0 Å². The standard InChI is InChI=1S/C8H18NO5PS.C2HF3O2/c9-7(15(12,13)14)4-6-16-5-2-1-3-8(10)11;3-2(4,5)1(6)7/h7H,1-6,9H2,(H,10,11)(H2,12,13,14);(H,6,7). The summed E-state index contributed by atoms with van der Waals surface area (Å²) in [6, 6.07) is 0. The van der Waals surface area contributed by atoms with Crippen molar-refractivity contribution >= 4 is 31.3 Å². The number of carboxylic acid groups (broad SMARTS) is 2. The highest BCUT2D eigenvalue weighted by atomic mass is 32.2. The molecule has 0 aromatic heterocycles. The second-order valence-corrected chi connectivity index (χ2v) is 7.28. The van der Waals surface area contributed by atoms with Crippen molar-refractivity contribution in [2.75, 3.05) is 11.5 Å². The summed E-state index contributed by atoms with van der Waals surface area (Å²) in [6.45, 7) is 0. The zero-order valence-electron chi connectivity index (χ0n) is 11.9. The average molecular weight is 385 g/mol. The van der Waals surface area contributed by atoms with Gasteiger partial charge in [0.2, 0.25) is 0 Å². The van der Waals surface area contributed by atoms with Gasteiger partial charge in [-0.15, -0.1) is 0 Å². The van der Waals surface area contributed by atoms with Crippen molar-refractivity contribution in [3.63, 3.8) is 0 Å². The fourth-order valence-corrected chi connectivity index (χ4v) is 2.63. The Morgan fingerprint density at radius 3 is 1.96 bits per heavy atom. The minimum Gasteiger partial charge on any atom is -0.481 e. The topological polar surface area (TPSA) is 158 Å². The van der Waals surface area contributed by atoms with Crippen molar-refractivity contribution < 1.29 is 47.3 Å². The van der Waals surface area contributed by atoms with Crippen molar-refractivity contribution in [1.29, 1.82) is 0 Å². The first-order valence-electron chi connectivity index (χ1n) is 6.19. The van der Waals surface area contributed by atoms with Gasteiger partial charge in [0.25, 0.3) is 0 Å². The third-order valence-corrected chi connectivity index (χ3v) is 4.39. The highest BCUT2D eigenvalue weighted by molar-refractivity contribution is 7.99. The fourth-order valence-electron chi connectivity index (χ4n) is 0.955. The largest absolute Gasteiger partial charge is 0.490 e. The van der Waals surface area contributed by atoms with Gasteiger partial charge in [-0.25, -0.2) is 4.79 Å². The van der Waals surface area contributed by atoms with Gasteiger partial charge in [0.05, 0.1) is 0 Å². The van der Waals surface area contributed by atoms with E-state index in [1.54, 1.807) is 0 Å². The Labute approximate surface area is 134 Å². The van der Waals surface area contributed by atoms with E-state index in [1.807, 2.05) is 0 Å². The van der Waals surface area contributed by atoms with Crippen molar-refractivity contribution in [3.8, 4) is 0 Å². The molecule has 138 valence electrons. The van der Waals surface area contributed by atoms with Gasteiger partial charge in [0, 0.05) is 6.42 Å². The highest BCUT2D eigenvalue weighted by Gasteiger charge is 2.38. The third kappa shape index (κ3) is 17.4. The summed E-state index contributed by atoms with van der Waals surface area (Å²) in [4.78, 5) is 36.5. The van der Waals surface area contributed by atoms with Crippen LogP contribution in [0.4, 0.5) is 13.2 Å². The molecule has 0 radical (unpaired) electrons. The summed E-state index contributed by atoms with van der Waals surface area (Å²) < 4.78 is 42.4. The lowest BCUT2D eigenvalue weighted by molar-refractivity contribution is -0.192. The molecule has 8 nitrogen and oxygen atoms in total. The second-order valence-electron chi connectivity index (χ2n) is 4.21. The Hall–Kier alpha value is -0.810. The average Bonchev–Trinajstić information content (AvgIpc) is 2.35. The predicted octanol–water partition coefficient (Wildman–Crippen LogP) is 1.46. The first kappa shape index (κ1) is 24.4. The summed E-state index contributed by atoms with van der Waals surface area (Å²) in [5.41, 5.74) is 5.28. The number of carboxylic acids is 2. The fraction of sp³-hybridized carbons (Fsp3) is 0.800. The summed E-state index contributed by atoms with van der Waals surface area (Å²) in [5.74, 6) is -3.26. The molecule has 1 unspecified atom stereocenters. The Kier molecular flexibility index (Phi) is 12.4. The zero-order chi connectivity index (χ0) is 18.7. The minimum absolute atomic E-state index is 0.169. The van der Waals surface area contributed by atoms with Crippen LogP contribution in [-0.2, 0) is 14.2 Å². The predicted molar refractivity (Wildman–Crippen MR) is 77.1 cm³/mol. The zero-order valence-corrected chi connectivity index (χ0v) is 13.6. The van der Waals surface area contributed by atoms with Gasteiger partial charge in [0.1, 0.15) is 5.78 Å². The molecule has 1 atom stereocenters. The molecule has 0 aromatic rings. The Morgan fingerprint density at radius 2 is 1.61 bits per heavy atom. The van der Waals surface area contributed by atoms with Crippen LogP contribution in [0.25, 0.3) is 0 Å². The molecule has 6 N–H and O–H groups in total. The first-order chi connectivity index (χ1) is 10.3. The van der Waals surface area contributed by atoms with Gasteiger partial charge in [-0.2, -0.15) is 24.9 Å². The Bertz CT molecular complexity index is 416. The molecule has 13 heteroatoms. The van der Waals surface area contributed by atoms with Gasteiger partial charge >= 0.3 is 25.7 Å². The van der Waals surface area contributed by atoms with Gasteiger partial charge in [-0.05, 0) is 30.8 Å². The number of hydrogen-bond acceptors (Lipinski definition) is 5. The van der Waals surface area contributed by atoms with Crippen LogP contribution in [0, 0.1) is 0 Å². The molecule has 23 heavy (non-hydrogen) atoms. The van der Waals surface area contributed by atoms with E-state index in [4.69, 9.17) is 30.5 Å². The molecule has 0 heterocycles. The normalized spacial score (nSPS) is 13.0. The molecule has 0 rings (SSSR count). The van der Waals surface area contributed by atoms with E-state index in [-0.39, 0.29) is 12.8 Å². The summed E-state index contributed by atoms with van der Waals surface area (Å²) >= 11 is 1.53. The Balaban J connectivity index is 0. The lowest BCUT2D eigenvalue weighted by Crippen LogP contribution is -2.21. The maximum atomic E-state index is 10.7. The molecule has 0 aliphatic carbocycles. The van der Waals surface area contributed by atoms with E-state index in [9.17, 15) is 22.5 Å². The lowest BCUT2D eigenvalue weighted by atomic mass is 10.3. The maximum Gasteiger partial charge on any atom is 0.490 e. The molecule has 0 bridgehead atoms. The number of nitrogens with two attached hydrogens (primary N) is 1. The van der Waals surface area contributed by atoms with E-state index >= 15 is 0 Å². The van der Waals surface area contributed by atoms with E-state index in [0.717, 1.165) is 12.2 Å². The van der Waals surface area contributed by atoms with Crippen LogP contribution < -0.4 is 5.73 Å². The lowest BCUT2D eigenvalue weighted by Gasteiger charge is -2.12. The molecule has 0 saturated carbocycles. The summed E-state index contributed by atoms with van der Waals surface area (Å²) in [5, 5.41) is 15.5. The van der Waals surface area contributed by atoms with Crippen molar-refractivity contribution in [2.45, 2.75) is 37.6 Å². The highest BCUT2D eigenvalue weighted by Crippen LogP contribution is 2.40. The quantitative estimate of drug-likeness (QED) is 0.293. The number of thioether (sulfide) groups is 1. The molecule has 0 fully saturated rings. The van der Waals surface area contributed by atoms with E-state index in [1.165, 1.54) is 11.8 Å². The number of aliphatic carboxylic acids is 2. The molecule has 0 spiro atoms. The van der Waals surface area contributed by atoms with Crippen LogP contribution in [0.15, 0.2) is 0 Å². The van der Waals surface area contributed by atoms with Crippen LogP contribution in [0.5, 0.6) is 0 Å². The molecule has 0 aliphatic heterocycles. The summed E-state index contributed by atoms with van der Waals surface area (Å²) in [7, 11) is -4.14. The molecule has 0 aliphatic rings. The summed E-state index contributed by atoms with van der Waals surface area (Å²) in [6.07, 6.45) is -3.22. The van der Waals surface area contributed by atoms with Crippen LogP contribution in [0.2, 0.25) is 0 Å². The number of carbonyl (C=O) groups is 2. The molecular formula is C10H19F3NO7PS. The van der Waals surface area contributed by atoms with Crippen LogP contribution in [0.1, 0.15) is 25.7 Å². The monoisotopic (exact) mass is 385 g/mol. The van der Waals surface area contributed by atoms with Gasteiger partial charge in [0.15, 0.2) is 0 Å². The third-order valence-electron chi connectivity index (χ3n) is 2.16. The number of hydrogen-bond donors (Lipinski definition) is 5. The van der Waals surface area contributed by atoms with Crippen molar-refractivity contribution in [2.24, 2.45) is 5.73 Å². The smallest absolute Gasteiger partial charge is 0.481 e. The Morgan fingerprint density at radius 1 is 1.13 bits per heavy atom. The molecular weight excluding hydrogens is 366 g/mol. The first-order valence-corrected chi connectivity index (χ1v) is 9.02. The van der Waals surface area contributed by atoms with Crippen molar-refractivity contribution in [3.05, 3.63) is 0 Å². The SMILES string of the molecule is NC(CCSCCCCC(=O)O)P(=O)(O)O.O=C(O)C(F)(F)F. The van der Waals surface area contributed by atoms with E-state index < -0.39 is 31.5 Å². The van der Waals surface area contributed by atoms with Gasteiger partial charge < -0.3 is 25.7 Å². The van der Waals surface area contributed by atoms with Gasteiger partial charge in [-0.3, -0.25) is 9.36 Å². The minimum atomic E-state index is -5.08. The second kappa shape index (κ2) is 11.7. The number of alkyl halides is 3. The molecule has 0 saturated heterocycles. The van der Waals surface area contributed by atoms with Crippen LogP contribution >= 0.6 is 19.4 Å². The number of unbranched alkanes of at least 4 members (excludes halogenated alkanes) is 1. The number of halogens is 3. The molecule has 0 aromatic carbocycles. The van der Waals surface area contributed by atoms with Crippen molar-refractivity contribution in [1.82, 2.24) is 0 Å². The van der Waals surface area contributed by atoms with Crippen LogP contribution in [0.3, 0.4) is 0 Å². The molecule has 0 amide bonds. The van der Waals surface area contributed by atoms with Gasteiger partial charge in [-0.1, -0.05) is 0 Å².